The molecule has 0 fully saturated rings. The first-order chi connectivity index (χ1) is 6.33. The van der Waals surface area contributed by atoms with E-state index >= 15 is 0 Å². The summed E-state index contributed by atoms with van der Waals surface area (Å²) in [5, 5.41) is 8.49. The lowest BCUT2D eigenvalue weighted by molar-refractivity contribution is 0.251. The Balaban J connectivity index is 2.18. The summed E-state index contributed by atoms with van der Waals surface area (Å²) in [6.45, 7) is 0.545. The molecule has 13 heavy (non-hydrogen) atoms. The fraction of sp³-hybridized carbons (Fsp3) is 0.429. The lowest BCUT2D eigenvalue weighted by Gasteiger charge is -2.02. The summed E-state index contributed by atoms with van der Waals surface area (Å²) < 4.78 is 4.66. The minimum absolute atomic E-state index is 0.318. The number of halogens is 1. The molecular formula is C7H10ClN3O2. The molecular weight excluding hydrogens is 194 g/mol. The summed E-state index contributed by atoms with van der Waals surface area (Å²) in [6.07, 6.45) is 2.19. The van der Waals surface area contributed by atoms with E-state index in [0.717, 1.165) is 6.42 Å². The fourth-order valence-corrected chi connectivity index (χ4v) is 0.839. The van der Waals surface area contributed by atoms with E-state index in [1.807, 2.05) is 0 Å². The second-order valence-electron chi connectivity index (χ2n) is 2.30. The first kappa shape index (κ1) is 9.85. The van der Waals surface area contributed by atoms with E-state index in [0.29, 0.717) is 18.3 Å². The lowest BCUT2D eigenvalue weighted by Crippen LogP contribution is -2.29. The summed E-state index contributed by atoms with van der Waals surface area (Å²) >= 11 is 5.43. The Morgan fingerprint density at radius 2 is 2.54 bits per heavy atom. The molecule has 0 atom stereocenters. The number of urea groups is 1. The van der Waals surface area contributed by atoms with Gasteiger partial charge < -0.3 is 9.84 Å². The number of aromatic nitrogens is 1. The van der Waals surface area contributed by atoms with E-state index in [1.54, 1.807) is 6.07 Å². The zero-order valence-corrected chi connectivity index (χ0v) is 7.67. The van der Waals surface area contributed by atoms with E-state index in [2.05, 4.69) is 20.3 Å². The number of nitrogens with one attached hydrogen (secondary N) is 2. The minimum Gasteiger partial charge on any atom is -0.338 e. The zero-order valence-electron chi connectivity index (χ0n) is 6.92. The van der Waals surface area contributed by atoms with E-state index in [9.17, 15) is 4.79 Å². The number of carbonyl (C=O) groups is 1. The molecule has 0 saturated heterocycles. The number of carbonyl (C=O) groups excluding carboxylic acids is 1. The van der Waals surface area contributed by atoms with Crippen LogP contribution in [0.15, 0.2) is 16.8 Å². The third-order valence-electron chi connectivity index (χ3n) is 1.27. The van der Waals surface area contributed by atoms with Gasteiger partial charge in [0, 0.05) is 18.5 Å². The van der Waals surface area contributed by atoms with Gasteiger partial charge in [-0.15, -0.1) is 11.6 Å². The minimum atomic E-state index is -0.318. The van der Waals surface area contributed by atoms with Crippen molar-refractivity contribution in [3.63, 3.8) is 0 Å². The molecule has 2 N–H and O–H groups in total. The molecule has 0 aliphatic rings. The third kappa shape index (κ3) is 3.80. The van der Waals surface area contributed by atoms with Crippen LogP contribution >= 0.6 is 11.6 Å². The average Bonchev–Trinajstić information content (AvgIpc) is 2.57. The smallest absolute Gasteiger partial charge is 0.321 e. The molecule has 6 heteroatoms. The van der Waals surface area contributed by atoms with Crippen LogP contribution in [0, 0.1) is 0 Å². The summed E-state index contributed by atoms with van der Waals surface area (Å²) in [5.74, 6) is 0.853. The molecule has 2 amide bonds. The van der Waals surface area contributed by atoms with Gasteiger partial charge in [0.2, 0.25) is 5.88 Å². The van der Waals surface area contributed by atoms with Crippen molar-refractivity contribution in [3.05, 3.63) is 12.3 Å². The quantitative estimate of drug-likeness (QED) is 0.575. The lowest BCUT2D eigenvalue weighted by atomic mass is 10.5. The van der Waals surface area contributed by atoms with E-state index < -0.39 is 0 Å². The molecule has 1 rings (SSSR count). The van der Waals surface area contributed by atoms with Gasteiger partial charge in [0.25, 0.3) is 0 Å². The molecule has 0 bridgehead atoms. The molecule has 5 nitrogen and oxygen atoms in total. The van der Waals surface area contributed by atoms with Crippen molar-refractivity contribution >= 4 is 23.5 Å². The van der Waals surface area contributed by atoms with Gasteiger partial charge in [-0.3, -0.25) is 5.32 Å². The zero-order chi connectivity index (χ0) is 9.52. The Hall–Kier alpha value is -1.23. The molecule has 0 spiro atoms. The summed E-state index contributed by atoms with van der Waals surface area (Å²) in [5.41, 5.74) is 0. The Bertz CT molecular complexity index is 250. The predicted octanol–water partition coefficient (Wildman–Crippen LogP) is 1.42. The average molecular weight is 204 g/mol. The Morgan fingerprint density at radius 1 is 1.69 bits per heavy atom. The number of nitrogens with zero attached hydrogens (tertiary/aromatic N) is 1. The fourth-order valence-electron chi connectivity index (χ4n) is 0.705. The predicted molar refractivity (Wildman–Crippen MR) is 48.9 cm³/mol. The first-order valence-electron chi connectivity index (χ1n) is 3.84. The number of alkyl halides is 1. The van der Waals surface area contributed by atoms with Crippen LogP contribution in [0.5, 0.6) is 0 Å². The Kier molecular flexibility index (Phi) is 4.11. The van der Waals surface area contributed by atoms with Gasteiger partial charge in [-0.1, -0.05) is 5.16 Å². The van der Waals surface area contributed by atoms with Crippen LogP contribution in [0.1, 0.15) is 6.42 Å². The highest BCUT2D eigenvalue weighted by atomic mass is 35.5. The van der Waals surface area contributed by atoms with E-state index in [1.165, 1.54) is 6.20 Å². The van der Waals surface area contributed by atoms with Crippen molar-refractivity contribution in [2.45, 2.75) is 6.42 Å². The van der Waals surface area contributed by atoms with Crippen molar-refractivity contribution in [1.29, 1.82) is 0 Å². The van der Waals surface area contributed by atoms with Crippen LogP contribution in [0.3, 0.4) is 0 Å². The maximum absolute atomic E-state index is 11.0. The highest BCUT2D eigenvalue weighted by Gasteiger charge is 2.02. The van der Waals surface area contributed by atoms with Crippen molar-refractivity contribution in [2.24, 2.45) is 0 Å². The van der Waals surface area contributed by atoms with Gasteiger partial charge in [0.05, 0.1) is 6.20 Å². The van der Waals surface area contributed by atoms with Gasteiger partial charge >= 0.3 is 6.03 Å². The molecule has 0 radical (unpaired) electrons. The SMILES string of the molecule is O=C(NCCCCl)Nc1ccno1. The largest absolute Gasteiger partial charge is 0.338 e. The molecule has 72 valence electrons. The first-order valence-corrected chi connectivity index (χ1v) is 4.38. The number of anilines is 1. The third-order valence-corrected chi connectivity index (χ3v) is 1.54. The normalized spacial score (nSPS) is 9.62. The standard InChI is InChI=1S/C7H10ClN3O2/c8-3-1-4-9-7(12)11-6-2-5-10-13-6/h2,5H,1,3-4H2,(H2,9,11,12). The maximum Gasteiger partial charge on any atom is 0.321 e. The van der Waals surface area contributed by atoms with Crippen LogP contribution in [-0.4, -0.2) is 23.6 Å². The molecule has 0 aromatic carbocycles. The monoisotopic (exact) mass is 203 g/mol. The van der Waals surface area contributed by atoms with Gasteiger partial charge in [-0.05, 0) is 6.42 Å². The molecule has 1 aromatic heterocycles. The van der Waals surface area contributed by atoms with Gasteiger partial charge in [0.15, 0.2) is 0 Å². The van der Waals surface area contributed by atoms with Crippen molar-refractivity contribution in [1.82, 2.24) is 10.5 Å². The molecule has 1 heterocycles. The molecule has 0 saturated carbocycles. The molecule has 0 aliphatic carbocycles. The number of rotatable bonds is 4. The summed E-state index contributed by atoms with van der Waals surface area (Å²) in [7, 11) is 0. The van der Waals surface area contributed by atoms with E-state index in [-0.39, 0.29) is 6.03 Å². The van der Waals surface area contributed by atoms with Crippen LogP contribution in [0.25, 0.3) is 0 Å². The Morgan fingerprint density at radius 3 is 3.15 bits per heavy atom. The van der Waals surface area contributed by atoms with Crippen molar-refractivity contribution in [2.75, 3.05) is 17.7 Å². The highest BCUT2D eigenvalue weighted by Crippen LogP contribution is 2.02. The number of amides is 2. The van der Waals surface area contributed by atoms with Crippen molar-refractivity contribution < 1.29 is 9.32 Å². The van der Waals surface area contributed by atoms with E-state index in [4.69, 9.17) is 11.6 Å². The molecule has 0 aliphatic heterocycles. The second kappa shape index (κ2) is 5.42. The van der Waals surface area contributed by atoms with Gasteiger partial charge in [-0.2, -0.15) is 0 Å². The highest BCUT2D eigenvalue weighted by molar-refractivity contribution is 6.17. The summed E-state index contributed by atoms with van der Waals surface area (Å²) in [6, 6.07) is 1.24. The number of hydrogen-bond donors (Lipinski definition) is 2. The van der Waals surface area contributed by atoms with Crippen LogP contribution in [0.2, 0.25) is 0 Å². The molecule has 0 unspecified atom stereocenters. The molecule has 1 aromatic rings. The maximum atomic E-state index is 11.0. The second-order valence-corrected chi connectivity index (χ2v) is 2.68. The topological polar surface area (TPSA) is 67.2 Å². The van der Waals surface area contributed by atoms with Crippen LogP contribution in [0.4, 0.5) is 10.7 Å². The van der Waals surface area contributed by atoms with Gasteiger partial charge in [0.1, 0.15) is 0 Å². The number of hydrogen-bond acceptors (Lipinski definition) is 3. The summed E-state index contributed by atoms with van der Waals surface area (Å²) in [4.78, 5) is 11.0. The van der Waals surface area contributed by atoms with Crippen LogP contribution in [-0.2, 0) is 0 Å². The van der Waals surface area contributed by atoms with Crippen molar-refractivity contribution in [3.8, 4) is 0 Å². The van der Waals surface area contributed by atoms with Crippen LogP contribution < -0.4 is 10.6 Å². The van der Waals surface area contributed by atoms with Gasteiger partial charge in [-0.25, -0.2) is 4.79 Å². The Labute approximate surface area is 80.4 Å².